The molecule has 1 aliphatic carbocycles. The molecular weight excluding hydrogens is 258 g/mol. The summed E-state index contributed by atoms with van der Waals surface area (Å²) in [4.78, 5) is 11.1. The number of carboxylic acids is 1. The Kier molecular flexibility index (Phi) is 3.67. The third-order valence-corrected chi connectivity index (χ3v) is 3.94. The van der Waals surface area contributed by atoms with Crippen LogP contribution in [-0.2, 0) is 4.79 Å². The van der Waals surface area contributed by atoms with E-state index in [-0.39, 0.29) is 12.0 Å². The van der Waals surface area contributed by atoms with Crippen molar-refractivity contribution in [3.05, 3.63) is 18.2 Å². The molecule has 2 N–H and O–H groups in total. The van der Waals surface area contributed by atoms with Gasteiger partial charge in [0.05, 0.1) is 5.92 Å². The van der Waals surface area contributed by atoms with E-state index in [9.17, 15) is 4.79 Å². The SMILES string of the molecule is O=C(O)C1CCCC(Nc2ccc3c(c2)OCCO3)C1. The fourth-order valence-electron chi connectivity index (χ4n) is 2.91. The van der Waals surface area contributed by atoms with Gasteiger partial charge >= 0.3 is 5.97 Å². The zero-order valence-corrected chi connectivity index (χ0v) is 11.3. The highest BCUT2D eigenvalue weighted by Gasteiger charge is 2.27. The summed E-state index contributed by atoms with van der Waals surface area (Å²) < 4.78 is 11.0. The second-order valence-corrected chi connectivity index (χ2v) is 5.40. The molecule has 0 aromatic heterocycles. The molecule has 1 aliphatic heterocycles. The van der Waals surface area contributed by atoms with Crippen molar-refractivity contribution in [2.75, 3.05) is 18.5 Å². The molecule has 2 atom stereocenters. The lowest BCUT2D eigenvalue weighted by Gasteiger charge is -2.28. The average molecular weight is 277 g/mol. The van der Waals surface area contributed by atoms with Crippen LogP contribution in [0.4, 0.5) is 5.69 Å². The number of fused-ring (bicyclic) bond motifs is 1. The number of carboxylic acid groups (broad SMARTS) is 1. The molecule has 108 valence electrons. The lowest BCUT2D eigenvalue weighted by atomic mass is 9.85. The van der Waals surface area contributed by atoms with Gasteiger partial charge in [-0.2, -0.15) is 0 Å². The normalized spacial score (nSPS) is 25.0. The van der Waals surface area contributed by atoms with E-state index in [0.29, 0.717) is 19.6 Å². The van der Waals surface area contributed by atoms with Crippen LogP contribution in [0.25, 0.3) is 0 Å². The number of anilines is 1. The standard InChI is InChI=1S/C15H19NO4/c17-15(18)10-2-1-3-11(8-10)16-12-4-5-13-14(9-12)20-7-6-19-13/h4-5,9-11,16H,1-3,6-8H2,(H,17,18). The molecule has 2 unspecified atom stereocenters. The second-order valence-electron chi connectivity index (χ2n) is 5.40. The van der Waals surface area contributed by atoms with Crippen LogP contribution in [0, 0.1) is 5.92 Å². The van der Waals surface area contributed by atoms with Gasteiger partial charge in [0.25, 0.3) is 0 Å². The van der Waals surface area contributed by atoms with E-state index < -0.39 is 5.97 Å². The van der Waals surface area contributed by atoms with Gasteiger partial charge in [-0.1, -0.05) is 6.42 Å². The number of aliphatic carboxylic acids is 1. The van der Waals surface area contributed by atoms with Gasteiger partial charge in [-0.05, 0) is 31.4 Å². The van der Waals surface area contributed by atoms with Gasteiger partial charge in [0.15, 0.2) is 11.5 Å². The summed E-state index contributed by atoms with van der Waals surface area (Å²) in [5.74, 6) is 0.623. The Morgan fingerprint density at radius 1 is 1.20 bits per heavy atom. The van der Waals surface area contributed by atoms with Gasteiger partial charge < -0.3 is 19.9 Å². The topological polar surface area (TPSA) is 67.8 Å². The molecule has 3 rings (SSSR count). The summed E-state index contributed by atoms with van der Waals surface area (Å²) in [7, 11) is 0. The molecular formula is C15H19NO4. The van der Waals surface area contributed by atoms with Crippen LogP contribution in [0.3, 0.4) is 0 Å². The van der Waals surface area contributed by atoms with E-state index in [1.807, 2.05) is 18.2 Å². The van der Waals surface area contributed by atoms with Gasteiger partial charge in [-0.3, -0.25) is 4.79 Å². The molecule has 0 amide bonds. The molecule has 1 heterocycles. The molecule has 2 aliphatic rings. The van der Waals surface area contributed by atoms with Gasteiger partial charge in [-0.25, -0.2) is 0 Å². The van der Waals surface area contributed by atoms with E-state index in [1.54, 1.807) is 0 Å². The predicted molar refractivity (Wildman–Crippen MR) is 74.4 cm³/mol. The number of hydrogen-bond acceptors (Lipinski definition) is 4. The molecule has 20 heavy (non-hydrogen) atoms. The zero-order valence-electron chi connectivity index (χ0n) is 11.3. The Hall–Kier alpha value is -1.91. The number of benzene rings is 1. The maximum Gasteiger partial charge on any atom is 0.306 e. The third-order valence-electron chi connectivity index (χ3n) is 3.94. The van der Waals surface area contributed by atoms with Crippen molar-refractivity contribution < 1.29 is 19.4 Å². The molecule has 5 heteroatoms. The van der Waals surface area contributed by atoms with E-state index in [1.165, 1.54) is 0 Å². The molecule has 1 aromatic carbocycles. The number of carbonyl (C=O) groups is 1. The monoisotopic (exact) mass is 277 g/mol. The Bertz CT molecular complexity index is 503. The van der Waals surface area contributed by atoms with Gasteiger partial charge in [-0.15, -0.1) is 0 Å². The quantitative estimate of drug-likeness (QED) is 0.888. The highest BCUT2D eigenvalue weighted by atomic mass is 16.6. The van der Waals surface area contributed by atoms with Crippen LogP contribution in [-0.4, -0.2) is 30.3 Å². The second kappa shape index (κ2) is 5.61. The smallest absolute Gasteiger partial charge is 0.306 e. The molecule has 0 radical (unpaired) electrons. The summed E-state index contributed by atoms with van der Waals surface area (Å²) in [5, 5.41) is 12.5. The molecule has 0 spiro atoms. The fraction of sp³-hybridized carbons (Fsp3) is 0.533. The number of hydrogen-bond donors (Lipinski definition) is 2. The first kappa shape index (κ1) is 13.1. The summed E-state index contributed by atoms with van der Waals surface area (Å²) in [6.07, 6.45) is 3.44. The average Bonchev–Trinajstić information content (AvgIpc) is 2.47. The lowest BCUT2D eigenvalue weighted by Crippen LogP contribution is -2.31. The third kappa shape index (κ3) is 2.81. The Balaban J connectivity index is 1.66. The number of ether oxygens (including phenoxy) is 2. The Labute approximate surface area is 117 Å². The van der Waals surface area contributed by atoms with Gasteiger partial charge in [0.2, 0.25) is 0 Å². The van der Waals surface area contributed by atoms with Crippen molar-refractivity contribution in [1.82, 2.24) is 0 Å². The molecule has 1 aromatic rings. The molecule has 5 nitrogen and oxygen atoms in total. The van der Waals surface area contributed by atoms with Crippen LogP contribution in [0.1, 0.15) is 25.7 Å². The van der Waals surface area contributed by atoms with Gasteiger partial charge in [0, 0.05) is 17.8 Å². The van der Waals surface area contributed by atoms with E-state index in [2.05, 4.69) is 5.32 Å². The van der Waals surface area contributed by atoms with Crippen molar-refractivity contribution in [3.8, 4) is 11.5 Å². The summed E-state index contributed by atoms with van der Waals surface area (Å²) in [6, 6.07) is 6.00. The molecule has 0 bridgehead atoms. The van der Waals surface area contributed by atoms with Crippen molar-refractivity contribution in [2.45, 2.75) is 31.7 Å². The largest absolute Gasteiger partial charge is 0.486 e. The van der Waals surface area contributed by atoms with Crippen molar-refractivity contribution in [1.29, 1.82) is 0 Å². The highest BCUT2D eigenvalue weighted by molar-refractivity contribution is 5.70. The fourth-order valence-corrected chi connectivity index (χ4v) is 2.91. The van der Waals surface area contributed by atoms with Crippen LogP contribution in [0.5, 0.6) is 11.5 Å². The summed E-state index contributed by atoms with van der Waals surface area (Å²) >= 11 is 0. The van der Waals surface area contributed by atoms with Crippen LogP contribution >= 0.6 is 0 Å². The van der Waals surface area contributed by atoms with E-state index in [4.69, 9.17) is 14.6 Å². The Morgan fingerprint density at radius 3 is 2.80 bits per heavy atom. The van der Waals surface area contributed by atoms with Crippen molar-refractivity contribution >= 4 is 11.7 Å². The van der Waals surface area contributed by atoms with Gasteiger partial charge in [0.1, 0.15) is 13.2 Å². The van der Waals surface area contributed by atoms with Crippen LogP contribution in [0.15, 0.2) is 18.2 Å². The lowest BCUT2D eigenvalue weighted by molar-refractivity contribution is -0.142. The summed E-state index contributed by atoms with van der Waals surface area (Å²) in [6.45, 7) is 1.16. The maximum atomic E-state index is 11.1. The zero-order chi connectivity index (χ0) is 13.9. The van der Waals surface area contributed by atoms with Crippen molar-refractivity contribution in [3.63, 3.8) is 0 Å². The van der Waals surface area contributed by atoms with E-state index in [0.717, 1.165) is 36.4 Å². The Morgan fingerprint density at radius 2 is 2.00 bits per heavy atom. The first-order chi connectivity index (χ1) is 9.72. The minimum Gasteiger partial charge on any atom is -0.486 e. The predicted octanol–water partition coefficient (Wildman–Crippen LogP) is 2.51. The number of nitrogens with one attached hydrogen (secondary N) is 1. The van der Waals surface area contributed by atoms with Crippen molar-refractivity contribution in [2.24, 2.45) is 5.92 Å². The highest BCUT2D eigenvalue weighted by Crippen LogP contribution is 2.34. The minimum absolute atomic E-state index is 0.215. The molecule has 0 saturated heterocycles. The van der Waals surface area contributed by atoms with Crippen LogP contribution < -0.4 is 14.8 Å². The minimum atomic E-state index is -0.682. The first-order valence-corrected chi connectivity index (χ1v) is 7.11. The van der Waals surface area contributed by atoms with E-state index >= 15 is 0 Å². The molecule has 1 fully saturated rings. The summed E-state index contributed by atoms with van der Waals surface area (Å²) in [5.41, 5.74) is 0.963. The maximum absolute atomic E-state index is 11.1. The first-order valence-electron chi connectivity index (χ1n) is 7.11. The number of rotatable bonds is 3. The molecule has 1 saturated carbocycles. The van der Waals surface area contributed by atoms with Crippen LogP contribution in [0.2, 0.25) is 0 Å².